The van der Waals surface area contributed by atoms with Crippen LogP contribution in [0.5, 0.6) is 0 Å². The second-order valence-electron chi connectivity index (χ2n) is 4.21. The van der Waals surface area contributed by atoms with E-state index in [1.807, 2.05) is 24.3 Å². The van der Waals surface area contributed by atoms with Gasteiger partial charge in [-0.15, -0.1) is 0 Å². The van der Waals surface area contributed by atoms with E-state index in [4.69, 9.17) is 11.6 Å². The zero-order valence-corrected chi connectivity index (χ0v) is 11.2. The molecule has 20 heavy (non-hydrogen) atoms. The number of carbonyl (C=O) groups is 1. The summed E-state index contributed by atoms with van der Waals surface area (Å²) < 4.78 is 1.66. The fourth-order valence-corrected chi connectivity index (χ4v) is 2.06. The molecule has 0 bridgehead atoms. The number of pyridine rings is 1. The van der Waals surface area contributed by atoms with Crippen molar-refractivity contribution in [3.05, 3.63) is 65.6 Å². The molecule has 0 saturated carbocycles. The number of hydrogen-bond donors (Lipinski definition) is 0. The van der Waals surface area contributed by atoms with E-state index in [0.29, 0.717) is 16.3 Å². The van der Waals surface area contributed by atoms with Gasteiger partial charge in [-0.05, 0) is 24.3 Å². The van der Waals surface area contributed by atoms with Gasteiger partial charge in [0.15, 0.2) is 6.29 Å². The molecule has 0 saturated heterocycles. The summed E-state index contributed by atoms with van der Waals surface area (Å²) in [6.45, 7) is 0. The van der Waals surface area contributed by atoms with Crippen LogP contribution in [0.3, 0.4) is 0 Å². The largest absolute Gasteiger partial charge is 0.298 e. The van der Waals surface area contributed by atoms with Crippen LogP contribution in [0.15, 0.2) is 55.0 Å². The number of benzene rings is 1. The molecule has 2 aromatic heterocycles. The summed E-state index contributed by atoms with van der Waals surface area (Å²) in [7, 11) is 0. The molecule has 0 unspecified atom stereocenters. The molecule has 0 N–H and O–H groups in total. The summed E-state index contributed by atoms with van der Waals surface area (Å²) >= 11 is 5.87. The van der Waals surface area contributed by atoms with Crippen molar-refractivity contribution >= 4 is 17.9 Å². The van der Waals surface area contributed by atoms with E-state index < -0.39 is 0 Å². The monoisotopic (exact) mass is 283 g/mol. The van der Waals surface area contributed by atoms with Crippen LogP contribution in [0, 0.1) is 0 Å². The maximum atomic E-state index is 11.2. The summed E-state index contributed by atoms with van der Waals surface area (Å²) in [6, 6.07) is 10.9. The summed E-state index contributed by atoms with van der Waals surface area (Å²) in [6.07, 6.45) is 5.86. The highest BCUT2D eigenvalue weighted by Gasteiger charge is 2.11. The van der Waals surface area contributed by atoms with Crippen molar-refractivity contribution in [1.29, 1.82) is 0 Å². The van der Waals surface area contributed by atoms with Crippen LogP contribution >= 0.6 is 11.6 Å². The maximum Gasteiger partial charge on any atom is 0.153 e. The first-order valence-corrected chi connectivity index (χ1v) is 6.37. The van der Waals surface area contributed by atoms with E-state index >= 15 is 0 Å². The molecule has 0 amide bonds. The van der Waals surface area contributed by atoms with Gasteiger partial charge in [0.05, 0.1) is 11.3 Å². The highest BCUT2D eigenvalue weighted by molar-refractivity contribution is 6.30. The van der Waals surface area contributed by atoms with Gasteiger partial charge >= 0.3 is 0 Å². The molecule has 0 radical (unpaired) electrons. The molecule has 0 atom stereocenters. The van der Waals surface area contributed by atoms with Crippen molar-refractivity contribution < 1.29 is 4.79 Å². The van der Waals surface area contributed by atoms with E-state index in [2.05, 4.69) is 10.1 Å². The maximum absolute atomic E-state index is 11.2. The average Bonchev–Trinajstić information content (AvgIpc) is 2.93. The minimum atomic E-state index is 0.532. The molecule has 0 aliphatic rings. The molecular weight excluding hydrogens is 274 g/mol. The SMILES string of the molecule is O=Cc1cn(-c2ccncc2)nc1-c1ccc(Cl)cc1. The van der Waals surface area contributed by atoms with Gasteiger partial charge in [0.25, 0.3) is 0 Å². The quantitative estimate of drug-likeness (QED) is 0.692. The average molecular weight is 284 g/mol. The molecule has 0 spiro atoms. The van der Waals surface area contributed by atoms with E-state index in [0.717, 1.165) is 17.5 Å². The highest BCUT2D eigenvalue weighted by Crippen LogP contribution is 2.24. The van der Waals surface area contributed by atoms with Gasteiger partial charge in [0.2, 0.25) is 0 Å². The van der Waals surface area contributed by atoms with Gasteiger partial charge in [-0.25, -0.2) is 4.68 Å². The van der Waals surface area contributed by atoms with Gasteiger partial charge < -0.3 is 0 Å². The van der Waals surface area contributed by atoms with Crippen molar-refractivity contribution in [3.8, 4) is 16.9 Å². The molecule has 0 aliphatic carbocycles. The van der Waals surface area contributed by atoms with Crippen molar-refractivity contribution in [1.82, 2.24) is 14.8 Å². The van der Waals surface area contributed by atoms with E-state index in [1.165, 1.54) is 0 Å². The third-order valence-electron chi connectivity index (χ3n) is 2.91. The lowest BCUT2D eigenvalue weighted by Gasteiger charge is -2.00. The molecule has 98 valence electrons. The smallest absolute Gasteiger partial charge is 0.153 e. The number of aromatic nitrogens is 3. The Bertz CT molecular complexity index is 736. The van der Waals surface area contributed by atoms with Crippen LogP contribution in [0.1, 0.15) is 10.4 Å². The summed E-state index contributed by atoms with van der Waals surface area (Å²) in [5.41, 5.74) is 2.87. The predicted octanol–water partition coefficient (Wildman–Crippen LogP) is 3.40. The van der Waals surface area contributed by atoms with Crippen LogP contribution in [0.25, 0.3) is 16.9 Å². The normalized spacial score (nSPS) is 10.4. The van der Waals surface area contributed by atoms with Crippen LogP contribution in [-0.4, -0.2) is 21.1 Å². The van der Waals surface area contributed by atoms with Gasteiger partial charge in [-0.2, -0.15) is 5.10 Å². The topological polar surface area (TPSA) is 47.8 Å². The number of carbonyl (C=O) groups excluding carboxylic acids is 1. The number of rotatable bonds is 3. The Hall–Kier alpha value is -2.46. The summed E-state index contributed by atoms with van der Waals surface area (Å²) in [4.78, 5) is 15.2. The summed E-state index contributed by atoms with van der Waals surface area (Å²) in [5, 5.41) is 5.11. The van der Waals surface area contributed by atoms with Gasteiger partial charge in [-0.1, -0.05) is 23.7 Å². The molecule has 0 aliphatic heterocycles. The second-order valence-corrected chi connectivity index (χ2v) is 4.64. The van der Waals surface area contributed by atoms with Crippen molar-refractivity contribution in [2.24, 2.45) is 0 Å². The standard InChI is InChI=1S/C15H10ClN3O/c16-13-3-1-11(2-4-13)15-12(10-20)9-19(18-15)14-5-7-17-8-6-14/h1-10H. The van der Waals surface area contributed by atoms with E-state index in [1.54, 1.807) is 35.4 Å². The van der Waals surface area contributed by atoms with Crippen molar-refractivity contribution in [2.45, 2.75) is 0 Å². The molecule has 1 aromatic carbocycles. The Balaban J connectivity index is 2.10. The highest BCUT2D eigenvalue weighted by atomic mass is 35.5. The van der Waals surface area contributed by atoms with E-state index in [9.17, 15) is 4.79 Å². The van der Waals surface area contributed by atoms with Crippen LogP contribution in [0.2, 0.25) is 5.02 Å². The molecule has 4 nitrogen and oxygen atoms in total. The fraction of sp³-hybridized carbons (Fsp3) is 0. The first kappa shape index (κ1) is 12.6. The lowest BCUT2D eigenvalue weighted by molar-refractivity contribution is 0.112. The van der Waals surface area contributed by atoms with Crippen LogP contribution in [0.4, 0.5) is 0 Å². The molecule has 5 heteroatoms. The fourth-order valence-electron chi connectivity index (χ4n) is 1.93. The van der Waals surface area contributed by atoms with Gasteiger partial charge in [0.1, 0.15) is 5.69 Å². The van der Waals surface area contributed by atoms with Crippen LogP contribution in [-0.2, 0) is 0 Å². The van der Waals surface area contributed by atoms with Crippen LogP contribution < -0.4 is 0 Å². The number of hydrogen-bond acceptors (Lipinski definition) is 3. The molecule has 3 rings (SSSR count). The Labute approximate surface area is 120 Å². The van der Waals surface area contributed by atoms with E-state index in [-0.39, 0.29) is 0 Å². The lowest BCUT2D eigenvalue weighted by Crippen LogP contribution is -1.94. The zero-order chi connectivity index (χ0) is 13.9. The first-order chi connectivity index (χ1) is 9.78. The van der Waals surface area contributed by atoms with Crippen molar-refractivity contribution in [3.63, 3.8) is 0 Å². The molecule has 2 heterocycles. The third-order valence-corrected chi connectivity index (χ3v) is 3.17. The Morgan fingerprint density at radius 2 is 1.75 bits per heavy atom. The predicted molar refractivity (Wildman–Crippen MR) is 77.2 cm³/mol. The van der Waals surface area contributed by atoms with Crippen molar-refractivity contribution in [2.75, 3.05) is 0 Å². The Morgan fingerprint density at radius 1 is 1.05 bits per heavy atom. The number of halogens is 1. The third kappa shape index (κ3) is 2.33. The minimum absolute atomic E-state index is 0.532. The molecule has 3 aromatic rings. The molecular formula is C15H10ClN3O. The number of nitrogens with zero attached hydrogens (tertiary/aromatic N) is 3. The Morgan fingerprint density at radius 3 is 2.40 bits per heavy atom. The lowest BCUT2D eigenvalue weighted by atomic mass is 10.1. The molecule has 0 fully saturated rings. The number of aldehydes is 1. The Kier molecular flexibility index (Phi) is 3.31. The summed E-state index contributed by atoms with van der Waals surface area (Å²) in [5.74, 6) is 0. The van der Waals surface area contributed by atoms with Gasteiger partial charge in [0, 0.05) is 29.2 Å². The zero-order valence-electron chi connectivity index (χ0n) is 10.4. The first-order valence-electron chi connectivity index (χ1n) is 5.99. The minimum Gasteiger partial charge on any atom is -0.298 e. The second kappa shape index (κ2) is 5.27. The van der Waals surface area contributed by atoms with Gasteiger partial charge in [-0.3, -0.25) is 9.78 Å².